The van der Waals surface area contributed by atoms with Gasteiger partial charge in [0.05, 0.1) is 19.2 Å². The number of fused-ring (bicyclic) bond motifs is 1. The lowest BCUT2D eigenvalue weighted by atomic mass is 10.1. The van der Waals surface area contributed by atoms with Crippen LogP contribution in [-0.2, 0) is 25.6 Å². The van der Waals surface area contributed by atoms with Crippen molar-refractivity contribution in [3.05, 3.63) is 46.5 Å². The van der Waals surface area contributed by atoms with Gasteiger partial charge in [0.15, 0.2) is 12.4 Å². The number of H-pyrrole nitrogens is 1. The highest BCUT2D eigenvalue weighted by molar-refractivity contribution is 7.46. The minimum absolute atomic E-state index is 0.0325. The number of aliphatic hydroxyl groups excluding tert-OH is 1. The SMILES string of the molecule is Cn1c[n+]([C@@H]2O[C@H](COP(=O)(O)O)[C@@H](O)[C@H]2OC(=O)c2ccccc2N)c2nc(N)[nH]c(=O)c21. The predicted octanol–water partition coefficient (Wildman–Crippen LogP) is -1.69. The van der Waals surface area contributed by atoms with Gasteiger partial charge in [-0.25, -0.2) is 13.9 Å². The van der Waals surface area contributed by atoms with Gasteiger partial charge in [-0.1, -0.05) is 17.1 Å². The number of hydrogen-bond donors (Lipinski definition) is 6. The number of phosphoric ester groups is 1. The van der Waals surface area contributed by atoms with Crippen LogP contribution < -0.4 is 21.6 Å². The molecule has 0 spiro atoms. The number of nitrogen functional groups attached to an aromatic ring is 2. The van der Waals surface area contributed by atoms with Gasteiger partial charge in [-0.05, 0) is 12.1 Å². The number of para-hydroxylation sites is 1. The van der Waals surface area contributed by atoms with Crippen LogP contribution >= 0.6 is 7.82 Å². The molecule has 3 aromatic rings. The Morgan fingerprint density at radius 1 is 1.35 bits per heavy atom. The number of benzene rings is 1. The second kappa shape index (κ2) is 8.79. The molecule has 1 fully saturated rings. The summed E-state index contributed by atoms with van der Waals surface area (Å²) < 4.78 is 29.6. The van der Waals surface area contributed by atoms with E-state index in [1.165, 1.54) is 27.6 Å². The summed E-state index contributed by atoms with van der Waals surface area (Å²) in [7, 11) is -3.33. The standard InChI is InChI=1S/C18H21N6O9P/c1-23-7-24(14-11(23)15(26)22-18(20)21-14)16-13(12(25)10(32-16)6-31-34(28,29)30)33-17(27)8-4-2-3-5-9(8)19/h2-5,7,10,12-13,16,25H,6H2,1H3,(H6-,19,20,21,22,26,27,28,29,30)/p+1/t10-,12-,13-,16-/m1/s1. The van der Waals surface area contributed by atoms with E-state index in [1.54, 1.807) is 19.2 Å². The van der Waals surface area contributed by atoms with Crippen molar-refractivity contribution < 1.29 is 42.8 Å². The molecule has 15 nitrogen and oxygen atoms in total. The van der Waals surface area contributed by atoms with E-state index in [4.69, 9.17) is 30.7 Å². The largest absolute Gasteiger partial charge is 0.469 e. The van der Waals surface area contributed by atoms with Crippen LogP contribution in [0.25, 0.3) is 11.2 Å². The number of nitrogens with two attached hydrogens (primary N) is 2. The number of aryl methyl sites for hydroxylation is 1. The van der Waals surface area contributed by atoms with Crippen LogP contribution in [0.4, 0.5) is 11.6 Å². The molecule has 0 aliphatic carbocycles. The lowest BCUT2D eigenvalue weighted by Crippen LogP contribution is -2.48. The summed E-state index contributed by atoms with van der Waals surface area (Å²) in [5, 5.41) is 10.8. The maximum atomic E-state index is 12.8. The summed E-state index contributed by atoms with van der Waals surface area (Å²) in [4.78, 5) is 49.7. The molecule has 0 bridgehead atoms. The van der Waals surface area contributed by atoms with Crippen LogP contribution in [0.2, 0.25) is 0 Å². The van der Waals surface area contributed by atoms with Gasteiger partial charge in [-0.2, -0.15) is 0 Å². The van der Waals surface area contributed by atoms with Crippen molar-refractivity contribution in [1.29, 1.82) is 0 Å². The fourth-order valence-electron chi connectivity index (χ4n) is 3.70. The molecule has 1 aliphatic heterocycles. The Bertz CT molecular complexity index is 1350. The Hall–Kier alpha value is -3.33. The molecule has 182 valence electrons. The molecule has 4 atom stereocenters. The van der Waals surface area contributed by atoms with Crippen molar-refractivity contribution in [1.82, 2.24) is 14.5 Å². The number of aliphatic hydroxyl groups is 1. The summed E-state index contributed by atoms with van der Waals surface area (Å²) >= 11 is 0. The molecule has 0 amide bonds. The Labute approximate surface area is 190 Å². The zero-order valence-electron chi connectivity index (χ0n) is 17.6. The normalized spacial score (nSPS) is 22.8. The highest BCUT2D eigenvalue weighted by atomic mass is 31.2. The van der Waals surface area contributed by atoms with E-state index >= 15 is 0 Å². The number of nitrogens with one attached hydrogen (secondary N) is 1. The van der Waals surface area contributed by atoms with Gasteiger partial charge < -0.3 is 35.8 Å². The number of hydrogen-bond acceptors (Lipinski definition) is 10. The highest BCUT2D eigenvalue weighted by Crippen LogP contribution is 2.38. The summed E-state index contributed by atoms with van der Waals surface area (Å²) in [5.74, 6) is -1.07. The third kappa shape index (κ3) is 4.52. The summed E-state index contributed by atoms with van der Waals surface area (Å²) in [5.41, 5.74) is 11.3. The van der Waals surface area contributed by atoms with Crippen LogP contribution in [0.15, 0.2) is 35.4 Å². The molecule has 0 saturated carbocycles. The van der Waals surface area contributed by atoms with Crippen LogP contribution in [0.3, 0.4) is 0 Å². The number of imidazole rings is 1. The molecule has 1 aliphatic rings. The first kappa shape index (κ1) is 23.8. The Morgan fingerprint density at radius 3 is 2.74 bits per heavy atom. The molecule has 3 heterocycles. The monoisotopic (exact) mass is 497 g/mol. The molecule has 2 aromatic heterocycles. The predicted molar refractivity (Wildman–Crippen MR) is 114 cm³/mol. The number of aromatic nitrogens is 4. The highest BCUT2D eigenvalue weighted by Gasteiger charge is 2.51. The smallest absolute Gasteiger partial charge is 0.449 e. The van der Waals surface area contributed by atoms with Crippen molar-refractivity contribution >= 4 is 36.6 Å². The van der Waals surface area contributed by atoms with E-state index in [0.717, 1.165) is 0 Å². The van der Waals surface area contributed by atoms with Gasteiger partial charge >= 0.3 is 19.4 Å². The number of anilines is 2. The molecule has 1 saturated heterocycles. The minimum Gasteiger partial charge on any atom is -0.449 e. The van der Waals surface area contributed by atoms with Crippen molar-refractivity contribution in [3.63, 3.8) is 0 Å². The maximum Gasteiger partial charge on any atom is 0.469 e. The van der Waals surface area contributed by atoms with Gasteiger partial charge in [0, 0.05) is 5.69 Å². The second-order valence-electron chi connectivity index (χ2n) is 7.56. The van der Waals surface area contributed by atoms with Gasteiger partial charge in [0.2, 0.25) is 11.7 Å². The van der Waals surface area contributed by atoms with E-state index in [-0.39, 0.29) is 28.4 Å². The van der Waals surface area contributed by atoms with Crippen LogP contribution in [0, 0.1) is 0 Å². The Kier molecular flexibility index (Phi) is 6.16. The molecule has 34 heavy (non-hydrogen) atoms. The van der Waals surface area contributed by atoms with Gasteiger partial charge in [0.1, 0.15) is 12.2 Å². The van der Waals surface area contributed by atoms with Crippen LogP contribution in [0.5, 0.6) is 0 Å². The van der Waals surface area contributed by atoms with Crippen molar-refractivity contribution in [2.75, 3.05) is 18.1 Å². The third-order valence-corrected chi connectivity index (χ3v) is 5.69. The fourth-order valence-corrected chi connectivity index (χ4v) is 4.04. The van der Waals surface area contributed by atoms with E-state index < -0.39 is 50.5 Å². The third-order valence-electron chi connectivity index (χ3n) is 5.21. The van der Waals surface area contributed by atoms with E-state index in [0.29, 0.717) is 0 Å². The first-order valence-corrected chi connectivity index (χ1v) is 11.3. The molecule has 1 aromatic carbocycles. The molecule has 0 unspecified atom stereocenters. The number of carbonyl (C=O) groups is 1. The van der Waals surface area contributed by atoms with Crippen molar-refractivity contribution in [3.8, 4) is 0 Å². The Balaban J connectivity index is 1.74. The van der Waals surface area contributed by atoms with E-state index in [9.17, 15) is 19.3 Å². The van der Waals surface area contributed by atoms with Crippen molar-refractivity contribution in [2.45, 2.75) is 24.5 Å². The maximum absolute atomic E-state index is 12.8. The fraction of sp³-hybridized carbons (Fsp3) is 0.333. The first-order valence-electron chi connectivity index (χ1n) is 9.81. The van der Waals surface area contributed by atoms with Crippen LogP contribution in [-0.4, -0.2) is 60.3 Å². The average Bonchev–Trinajstić information content (AvgIpc) is 3.23. The van der Waals surface area contributed by atoms with Crippen LogP contribution in [0.1, 0.15) is 16.6 Å². The van der Waals surface area contributed by atoms with E-state index in [2.05, 4.69) is 14.5 Å². The molecule has 8 N–H and O–H groups in total. The summed E-state index contributed by atoms with van der Waals surface area (Å²) in [6, 6.07) is 6.11. The number of rotatable bonds is 6. The quantitative estimate of drug-likeness (QED) is 0.0969. The lowest BCUT2D eigenvalue weighted by Gasteiger charge is -2.20. The molecular weight excluding hydrogens is 475 g/mol. The Morgan fingerprint density at radius 2 is 2.06 bits per heavy atom. The van der Waals surface area contributed by atoms with Gasteiger partial charge in [0.25, 0.3) is 11.5 Å². The summed E-state index contributed by atoms with van der Waals surface area (Å²) in [6.07, 6.45) is -4.16. The summed E-state index contributed by atoms with van der Waals surface area (Å²) in [6.45, 7) is -0.717. The first-order chi connectivity index (χ1) is 16.0. The van der Waals surface area contributed by atoms with E-state index in [1.807, 2.05) is 0 Å². The molecular formula is C18H22N6O9P+. The minimum atomic E-state index is -4.89. The number of esters is 1. The lowest BCUT2D eigenvalue weighted by molar-refractivity contribution is -0.745. The molecule has 0 radical (unpaired) electrons. The topological polar surface area (TPSA) is 229 Å². The zero-order chi connectivity index (χ0) is 24.8. The average molecular weight is 497 g/mol. The number of nitrogens with zero attached hydrogens (tertiary/aromatic N) is 3. The van der Waals surface area contributed by atoms with Gasteiger partial charge in [-0.15, -0.1) is 0 Å². The van der Waals surface area contributed by atoms with Crippen molar-refractivity contribution in [2.24, 2.45) is 7.05 Å². The second-order valence-corrected chi connectivity index (χ2v) is 8.80. The molecule has 16 heteroatoms. The van der Waals surface area contributed by atoms with Gasteiger partial charge in [-0.3, -0.25) is 18.9 Å². The number of carbonyl (C=O) groups excluding carboxylic acids is 1. The number of phosphoric acid groups is 1. The molecule has 4 rings (SSSR count). The number of ether oxygens (including phenoxy) is 2. The number of aromatic amines is 1. The zero-order valence-corrected chi connectivity index (χ0v) is 18.5.